The summed E-state index contributed by atoms with van der Waals surface area (Å²) in [6.45, 7) is 0.781. The SMILES string of the molecule is Cn1cnnc1C(F)(F)C(C)(F)c1cccc(C2CN(C(N)=O)c3ncccc3O2)c1. The summed E-state index contributed by atoms with van der Waals surface area (Å²) in [5.74, 6) is -4.20. The van der Waals surface area contributed by atoms with Crippen molar-refractivity contribution in [2.24, 2.45) is 12.8 Å². The number of benzene rings is 1. The number of amides is 2. The molecule has 0 saturated heterocycles. The predicted octanol–water partition coefficient (Wildman–Crippen LogP) is 3.21. The maximum absolute atomic E-state index is 15.6. The lowest BCUT2D eigenvalue weighted by Crippen LogP contribution is -2.43. The molecule has 3 aromatic rings. The van der Waals surface area contributed by atoms with Crippen LogP contribution >= 0.6 is 0 Å². The number of nitrogens with two attached hydrogens (primary N) is 1. The van der Waals surface area contributed by atoms with Crippen molar-refractivity contribution in [1.82, 2.24) is 19.7 Å². The average Bonchev–Trinajstić information content (AvgIpc) is 3.19. The summed E-state index contributed by atoms with van der Waals surface area (Å²) in [5, 5.41) is 6.80. The number of pyridine rings is 1. The van der Waals surface area contributed by atoms with Gasteiger partial charge >= 0.3 is 12.0 Å². The Labute approximate surface area is 175 Å². The zero-order valence-corrected chi connectivity index (χ0v) is 16.7. The van der Waals surface area contributed by atoms with E-state index in [4.69, 9.17) is 10.5 Å². The van der Waals surface area contributed by atoms with E-state index < -0.39 is 29.6 Å². The van der Waals surface area contributed by atoms with E-state index in [-0.39, 0.29) is 17.9 Å². The van der Waals surface area contributed by atoms with Gasteiger partial charge in [0.15, 0.2) is 11.6 Å². The number of nitrogens with zero attached hydrogens (tertiary/aromatic N) is 5. The molecule has 2 atom stereocenters. The van der Waals surface area contributed by atoms with Crippen molar-refractivity contribution in [2.75, 3.05) is 11.4 Å². The Bertz CT molecular complexity index is 1130. The lowest BCUT2D eigenvalue weighted by molar-refractivity contribution is -0.149. The molecule has 11 heteroatoms. The van der Waals surface area contributed by atoms with Crippen LogP contribution in [0.15, 0.2) is 48.9 Å². The molecule has 2 unspecified atom stereocenters. The number of hydrogen-bond donors (Lipinski definition) is 1. The molecule has 0 saturated carbocycles. The standard InChI is InChI=1S/C20H19F3N6O2/c1-19(21,20(22,23)17-27-26-11-28(17)2)13-6-3-5-12(9-13)15-10-29(18(24)30)16-14(31-15)7-4-8-25-16/h3-9,11,15H,10H2,1-2H3,(H2,24,30). The summed E-state index contributed by atoms with van der Waals surface area (Å²) in [7, 11) is 1.31. The summed E-state index contributed by atoms with van der Waals surface area (Å²) < 4.78 is 52.5. The summed E-state index contributed by atoms with van der Waals surface area (Å²) in [6, 6.07) is 8.09. The number of rotatable bonds is 4. The maximum atomic E-state index is 15.6. The Morgan fingerprint density at radius 1 is 1.26 bits per heavy atom. The van der Waals surface area contributed by atoms with Gasteiger partial charge in [-0.2, -0.15) is 8.78 Å². The highest BCUT2D eigenvalue weighted by Gasteiger charge is 2.57. The van der Waals surface area contributed by atoms with Crippen molar-refractivity contribution in [3.8, 4) is 5.75 Å². The number of anilines is 1. The van der Waals surface area contributed by atoms with E-state index in [0.717, 1.165) is 17.8 Å². The van der Waals surface area contributed by atoms with E-state index in [2.05, 4.69) is 15.2 Å². The van der Waals surface area contributed by atoms with Gasteiger partial charge in [-0.25, -0.2) is 14.2 Å². The molecule has 4 rings (SSSR count). The normalized spacial score (nSPS) is 18.1. The van der Waals surface area contributed by atoms with Crippen LogP contribution in [0.5, 0.6) is 5.75 Å². The van der Waals surface area contributed by atoms with Crippen molar-refractivity contribution in [1.29, 1.82) is 0 Å². The van der Waals surface area contributed by atoms with Crippen molar-refractivity contribution < 1.29 is 22.7 Å². The van der Waals surface area contributed by atoms with Crippen LogP contribution in [0.4, 0.5) is 23.8 Å². The first-order chi connectivity index (χ1) is 14.6. The summed E-state index contributed by atoms with van der Waals surface area (Å²) in [5.41, 5.74) is 2.49. The molecule has 31 heavy (non-hydrogen) atoms. The van der Waals surface area contributed by atoms with E-state index in [1.807, 2.05) is 0 Å². The van der Waals surface area contributed by atoms with E-state index in [0.29, 0.717) is 11.3 Å². The molecule has 1 aliphatic rings. The number of halogens is 3. The van der Waals surface area contributed by atoms with Gasteiger partial charge in [0.1, 0.15) is 12.4 Å². The molecular formula is C20H19F3N6O2. The van der Waals surface area contributed by atoms with Crippen LogP contribution in [0.1, 0.15) is 30.0 Å². The summed E-state index contributed by atoms with van der Waals surface area (Å²) in [6.07, 6.45) is 1.81. The lowest BCUT2D eigenvalue weighted by Gasteiger charge is -2.34. The minimum atomic E-state index is -3.96. The quantitative estimate of drug-likeness (QED) is 0.683. The number of carbonyl (C=O) groups excluding carboxylic acids is 1. The molecule has 2 N–H and O–H groups in total. The molecule has 0 radical (unpaired) electrons. The smallest absolute Gasteiger partial charge is 0.343 e. The molecule has 0 aliphatic carbocycles. The van der Waals surface area contributed by atoms with Gasteiger partial charge in [0, 0.05) is 13.2 Å². The van der Waals surface area contributed by atoms with Crippen molar-refractivity contribution in [3.63, 3.8) is 0 Å². The number of ether oxygens (including phenoxy) is 1. The van der Waals surface area contributed by atoms with Crippen LogP contribution in [-0.4, -0.2) is 32.3 Å². The van der Waals surface area contributed by atoms with E-state index >= 15 is 13.2 Å². The maximum Gasteiger partial charge on any atom is 0.343 e. The van der Waals surface area contributed by atoms with Gasteiger partial charge in [-0.05, 0) is 36.2 Å². The third-order valence-electron chi connectivity index (χ3n) is 5.27. The second-order valence-electron chi connectivity index (χ2n) is 7.35. The molecule has 2 amide bonds. The third-order valence-corrected chi connectivity index (χ3v) is 5.27. The minimum Gasteiger partial charge on any atom is -0.480 e. The van der Waals surface area contributed by atoms with Gasteiger partial charge in [0.05, 0.1) is 6.54 Å². The van der Waals surface area contributed by atoms with Gasteiger partial charge in [0.25, 0.3) is 0 Å². The number of hydrogen-bond acceptors (Lipinski definition) is 5. The van der Waals surface area contributed by atoms with Gasteiger partial charge in [0.2, 0.25) is 11.5 Å². The topological polar surface area (TPSA) is 99.2 Å². The molecule has 2 aromatic heterocycles. The number of primary amides is 1. The molecule has 0 spiro atoms. The molecule has 162 valence electrons. The highest BCUT2D eigenvalue weighted by molar-refractivity contribution is 5.91. The molecular weight excluding hydrogens is 413 g/mol. The highest BCUT2D eigenvalue weighted by atomic mass is 19.3. The number of alkyl halides is 3. The molecule has 1 aromatic carbocycles. The summed E-state index contributed by atoms with van der Waals surface area (Å²) in [4.78, 5) is 17.2. The van der Waals surface area contributed by atoms with Crippen molar-refractivity contribution in [3.05, 3.63) is 65.9 Å². The molecule has 0 bridgehead atoms. The van der Waals surface area contributed by atoms with Gasteiger partial charge in [-0.1, -0.05) is 18.2 Å². The van der Waals surface area contributed by atoms with E-state index in [9.17, 15) is 4.79 Å². The Balaban J connectivity index is 1.71. The van der Waals surface area contributed by atoms with E-state index in [1.54, 1.807) is 18.2 Å². The minimum absolute atomic E-state index is 0.00845. The van der Waals surface area contributed by atoms with Crippen LogP contribution in [0.3, 0.4) is 0 Å². The first-order valence-corrected chi connectivity index (χ1v) is 9.33. The molecule has 3 heterocycles. The van der Waals surface area contributed by atoms with Gasteiger partial charge in [-0.15, -0.1) is 10.2 Å². The molecule has 8 nitrogen and oxygen atoms in total. The van der Waals surface area contributed by atoms with Crippen LogP contribution in [0.25, 0.3) is 0 Å². The Morgan fingerprint density at radius 2 is 2.03 bits per heavy atom. The van der Waals surface area contributed by atoms with Crippen LogP contribution in [0.2, 0.25) is 0 Å². The zero-order chi connectivity index (χ0) is 22.4. The number of urea groups is 1. The van der Waals surface area contributed by atoms with Crippen molar-refractivity contribution >= 4 is 11.8 Å². The first-order valence-electron chi connectivity index (χ1n) is 9.33. The number of aromatic nitrogens is 4. The van der Waals surface area contributed by atoms with Crippen molar-refractivity contribution in [2.45, 2.75) is 24.6 Å². The Hall–Kier alpha value is -3.63. The predicted molar refractivity (Wildman–Crippen MR) is 104 cm³/mol. The highest BCUT2D eigenvalue weighted by Crippen LogP contribution is 2.48. The fourth-order valence-electron chi connectivity index (χ4n) is 3.48. The zero-order valence-electron chi connectivity index (χ0n) is 16.7. The first kappa shape index (κ1) is 20.6. The summed E-state index contributed by atoms with van der Waals surface area (Å²) >= 11 is 0. The van der Waals surface area contributed by atoms with Gasteiger partial charge in [-0.3, -0.25) is 4.90 Å². The van der Waals surface area contributed by atoms with Crippen LogP contribution in [-0.2, 0) is 18.6 Å². The van der Waals surface area contributed by atoms with Crippen LogP contribution in [0, 0.1) is 0 Å². The fourth-order valence-corrected chi connectivity index (χ4v) is 3.48. The largest absolute Gasteiger partial charge is 0.480 e. The number of fused-ring (bicyclic) bond motifs is 1. The Kier molecular flexibility index (Phi) is 4.83. The third kappa shape index (κ3) is 3.35. The average molecular weight is 432 g/mol. The Morgan fingerprint density at radius 3 is 2.71 bits per heavy atom. The van der Waals surface area contributed by atoms with E-state index in [1.165, 1.54) is 36.3 Å². The second kappa shape index (κ2) is 7.25. The molecule has 1 aliphatic heterocycles. The number of carbonyl (C=O) groups is 1. The molecule has 0 fully saturated rings. The van der Waals surface area contributed by atoms with Gasteiger partial charge < -0.3 is 15.0 Å². The second-order valence-corrected chi connectivity index (χ2v) is 7.35. The lowest BCUT2D eigenvalue weighted by atomic mass is 9.88. The van der Waals surface area contributed by atoms with Crippen LogP contribution < -0.4 is 15.4 Å². The fraction of sp³-hybridized carbons (Fsp3) is 0.300. The number of aryl methyl sites for hydroxylation is 1. The monoisotopic (exact) mass is 432 g/mol.